The van der Waals surface area contributed by atoms with Crippen molar-refractivity contribution in [1.82, 2.24) is 4.98 Å². The van der Waals surface area contributed by atoms with Crippen LogP contribution in [-0.4, -0.2) is 23.2 Å². The number of aromatic nitrogens is 1. The predicted octanol–water partition coefficient (Wildman–Crippen LogP) is 4.38. The second-order valence-electron chi connectivity index (χ2n) is 6.75. The molecule has 3 amide bonds. The van der Waals surface area contributed by atoms with Gasteiger partial charge in [-0.05, 0) is 42.0 Å². The maximum Gasteiger partial charge on any atom is 0.586 e. The Morgan fingerprint density at radius 3 is 2.64 bits per heavy atom. The number of ether oxygens (including phenoxy) is 3. The fourth-order valence-electron chi connectivity index (χ4n) is 2.87. The number of nitrogens with one attached hydrogen (secondary N) is 2. The summed E-state index contributed by atoms with van der Waals surface area (Å²) in [6, 6.07) is 10.9. The van der Waals surface area contributed by atoms with Crippen LogP contribution in [-0.2, 0) is 6.61 Å². The van der Waals surface area contributed by atoms with Crippen LogP contribution in [0.5, 0.6) is 17.2 Å². The van der Waals surface area contributed by atoms with Gasteiger partial charge in [-0.1, -0.05) is 11.6 Å². The summed E-state index contributed by atoms with van der Waals surface area (Å²) < 4.78 is 40.6. The van der Waals surface area contributed by atoms with Gasteiger partial charge < -0.3 is 30.6 Å². The van der Waals surface area contributed by atoms with Crippen molar-refractivity contribution >= 4 is 34.9 Å². The van der Waals surface area contributed by atoms with Crippen LogP contribution in [0, 0.1) is 0 Å². The van der Waals surface area contributed by atoms with Crippen molar-refractivity contribution in [3.63, 3.8) is 0 Å². The lowest BCUT2D eigenvalue weighted by Crippen LogP contribution is -2.25. The summed E-state index contributed by atoms with van der Waals surface area (Å²) in [5.41, 5.74) is 6.42. The monoisotopic (exact) mass is 476 g/mol. The molecule has 2 aromatic carbocycles. The minimum absolute atomic E-state index is 0.109. The number of nitrogens with zero attached hydrogens (tertiary/aromatic N) is 1. The summed E-state index contributed by atoms with van der Waals surface area (Å²) in [6.45, 7) is 0.109. The SMILES string of the molecule is NC(=O)c1cc(COc2ccc(Cl)c(NC(=O)Nc3ccc4c(c3)OC(F)(F)O4)c2)ccn1. The van der Waals surface area contributed by atoms with Gasteiger partial charge >= 0.3 is 12.3 Å². The first-order valence-electron chi connectivity index (χ1n) is 9.33. The van der Waals surface area contributed by atoms with Crippen LogP contribution in [0.3, 0.4) is 0 Å². The van der Waals surface area contributed by atoms with Gasteiger partial charge in [-0.15, -0.1) is 8.78 Å². The van der Waals surface area contributed by atoms with Crippen molar-refractivity contribution in [3.8, 4) is 17.2 Å². The maximum absolute atomic E-state index is 13.1. The molecule has 4 rings (SSSR count). The fourth-order valence-corrected chi connectivity index (χ4v) is 3.03. The molecule has 33 heavy (non-hydrogen) atoms. The van der Waals surface area contributed by atoms with Crippen molar-refractivity contribution in [2.75, 3.05) is 10.6 Å². The highest BCUT2D eigenvalue weighted by Gasteiger charge is 2.43. The van der Waals surface area contributed by atoms with E-state index in [0.717, 1.165) is 0 Å². The molecule has 0 atom stereocenters. The Kier molecular flexibility index (Phi) is 5.88. The van der Waals surface area contributed by atoms with Gasteiger partial charge in [-0.3, -0.25) is 9.78 Å². The summed E-state index contributed by atoms with van der Waals surface area (Å²) >= 11 is 6.15. The normalized spacial score (nSPS) is 13.3. The van der Waals surface area contributed by atoms with Crippen LogP contribution >= 0.6 is 11.6 Å². The average Bonchev–Trinajstić information content (AvgIpc) is 3.07. The van der Waals surface area contributed by atoms with Crippen LogP contribution in [0.1, 0.15) is 16.1 Å². The topological polar surface area (TPSA) is 125 Å². The zero-order chi connectivity index (χ0) is 23.6. The number of amides is 3. The van der Waals surface area contributed by atoms with Gasteiger partial charge in [0.25, 0.3) is 5.91 Å². The number of alkyl halides is 2. The smallest absolute Gasteiger partial charge is 0.489 e. The third-order valence-corrected chi connectivity index (χ3v) is 4.66. The van der Waals surface area contributed by atoms with Crippen LogP contribution in [0.25, 0.3) is 0 Å². The van der Waals surface area contributed by atoms with Crippen molar-refractivity contribution in [1.29, 1.82) is 0 Å². The molecule has 0 aliphatic carbocycles. The minimum atomic E-state index is -3.76. The summed E-state index contributed by atoms with van der Waals surface area (Å²) in [5, 5.41) is 5.28. The number of primary amides is 1. The number of urea groups is 1. The molecule has 2 heterocycles. The van der Waals surface area contributed by atoms with E-state index in [0.29, 0.717) is 11.3 Å². The summed E-state index contributed by atoms with van der Waals surface area (Å²) in [5.74, 6) is -0.618. The van der Waals surface area contributed by atoms with Crippen molar-refractivity contribution in [3.05, 3.63) is 71.0 Å². The van der Waals surface area contributed by atoms with Gasteiger partial charge in [-0.25, -0.2) is 4.79 Å². The number of carbonyl (C=O) groups excluding carboxylic acids is 2. The molecule has 12 heteroatoms. The Morgan fingerprint density at radius 1 is 1.06 bits per heavy atom. The molecule has 0 spiro atoms. The van der Waals surface area contributed by atoms with Gasteiger partial charge in [0, 0.05) is 24.0 Å². The first kappa shape index (κ1) is 22.1. The Labute approximate surface area is 190 Å². The van der Waals surface area contributed by atoms with Gasteiger partial charge in [-0.2, -0.15) is 0 Å². The molecular weight excluding hydrogens is 462 g/mol. The predicted molar refractivity (Wildman–Crippen MR) is 114 cm³/mol. The van der Waals surface area contributed by atoms with E-state index in [1.807, 2.05) is 0 Å². The van der Waals surface area contributed by atoms with E-state index in [1.165, 1.54) is 42.6 Å². The number of pyridine rings is 1. The highest BCUT2D eigenvalue weighted by atomic mass is 35.5. The van der Waals surface area contributed by atoms with Gasteiger partial charge in [0.15, 0.2) is 11.5 Å². The van der Waals surface area contributed by atoms with Crippen LogP contribution in [0.2, 0.25) is 5.02 Å². The van der Waals surface area contributed by atoms with E-state index in [9.17, 15) is 18.4 Å². The number of anilines is 2. The molecule has 1 aromatic heterocycles. The standard InChI is InChI=1S/C21H15ClF2N4O5/c22-14-3-2-13(31-10-11-5-6-26-16(7-11)19(25)29)9-15(14)28-20(30)27-12-1-4-17-18(8-12)33-21(23,24)32-17/h1-9H,10H2,(H2,25,29)(H2,27,28,30). The molecule has 9 nitrogen and oxygen atoms in total. The van der Waals surface area contributed by atoms with E-state index in [2.05, 4.69) is 25.1 Å². The summed E-state index contributed by atoms with van der Waals surface area (Å²) in [7, 11) is 0. The highest BCUT2D eigenvalue weighted by Crippen LogP contribution is 2.42. The first-order valence-corrected chi connectivity index (χ1v) is 9.71. The van der Waals surface area contributed by atoms with E-state index in [1.54, 1.807) is 12.1 Å². The molecular formula is C21H15ClF2N4O5. The van der Waals surface area contributed by atoms with Crippen LogP contribution in [0.4, 0.5) is 25.0 Å². The Balaban J connectivity index is 1.39. The van der Waals surface area contributed by atoms with Crippen molar-refractivity contribution in [2.45, 2.75) is 12.9 Å². The van der Waals surface area contributed by atoms with Gasteiger partial charge in [0.2, 0.25) is 0 Å². The van der Waals surface area contributed by atoms with Crippen LogP contribution < -0.4 is 30.6 Å². The van der Waals surface area contributed by atoms with Crippen molar-refractivity contribution < 1.29 is 32.6 Å². The van der Waals surface area contributed by atoms with Gasteiger partial charge in [0.05, 0.1) is 10.7 Å². The number of nitrogens with two attached hydrogens (primary N) is 1. The van der Waals surface area contributed by atoms with E-state index < -0.39 is 18.2 Å². The average molecular weight is 477 g/mol. The summed E-state index contributed by atoms with van der Waals surface area (Å²) in [4.78, 5) is 27.5. The summed E-state index contributed by atoms with van der Waals surface area (Å²) in [6.07, 6.45) is -2.32. The number of hydrogen-bond acceptors (Lipinski definition) is 6. The maximum atomic E-state index is 13.1. The molecule has 1 aliphatic rings. The number of fused-ring (bicyclic) bond motifs is 1. The lowest BCUT2D eigenvalue weighted by molar-refractivity contribution is -0.286. The minimum Gasteiger partial charge on any atom is -0.489 e. The number of halogens is 3. The zero-order valence-electron chi connectivity index (χ0n) is 16.6. The molecule has 0 fully saturated rings. The van der Waals surface area contributed by atoms with E-state index >= 15 is 0 Å². The Bertz CT molecular complexity index is 1240. The second kappa shape index (κ2) is 8.79. The molecule has 0 bridgehead atoms. The molecule has 0 saturated heterocycles. The third-order valence-electron chi connectivity index (χ3n) is 4.33. The quantitative estimate of drug-likeness (QED) is 0.485. The zero-order valence-corrected chi connectivity index (χ0v) is 17.4. The number of benzene rings is 2. The number of hydrogen-bond donors (Lipinski definition) is 3. The van der Waals surface area contributed by atoms with Crippen LogP contribution in [0.15, 0.2) is 54.7 Å². The Morgan fingerprint density at radius 2 is 1.85 bits per heavy atom. The number of carbonyl (C=O) groups is 2. The largest absolute Gasteiger partial charge is 0.586 e. The molecule has 0 unspecified atom stereocenters. The molecule has 0 radical (unpaired) electrons. The van der Waals surface area contributed by atoms with E-state index in [4.69, 9.17) is 22.1 Å². The molecule has 3 aromatic rings. The lowest BCUT2D eigenvalue weighted by atomic mass is 10.2. The Hall–Kier alpha value is -4.12. The molecule has 1 aliphatic heterocycles. The highest BCUT2D eigenvalue weighted by molar-refractivity contribution is 6.33. The number of rotatable bonds is 6. The molecule has 170 valence electrons. The van der Waals surface area contributed by atoms with Crippen molar-refractivity contribution in [2.24, 2.45) is 5.73 Å². The van der Waals surface area contributed by atoms with E-state index in [-0.39, 0.29) is 40.2 Å². The second-order valence-corrected chi connectivity index (χ2v) is 7.16. The molecule has 0 saturated carbocycles. The first-order chi connectivity index (χ1) is 15.7. The fraction of sp³-hybridized carbons (Fsp3) is 0.0952. The van der Waals surface area contributed by atoms with Gasteiger partial charge in [0.1, 0.15) is 18.1 Å². The third kappa shape index (κ3) is 5.39. The lowest BCUT2D eigenvalue weighted by Gasteiger charge is -2.12. The molecule has 4 N–H and O–H groups in total.